The lowest BCUT2D eigenvalue weighted by molar-refractivity contribution is 0.00776. The van der Waals surface area contributed by atoms with Crippen LogP contribution in [0, 0.1) is 0 Å². The first kappa shape index (κ1) is 19.6. The van der Waals surface area contributed by atoms with Gasteiger partial charge in [-0.25, -0.2) is 0 Å². The number of ether oxygens (including phenoxy) is 2. The third-order valence-corrected chi connectivity index (χ3v) is 4.92. The van der Waals surface area contributed by atoms with Crippen LogP contribution in [0.25, 0.3) is 0 Å². The van der Waals surface area contributed by atoms with Gasteiger partial charge in [0.15, 0.2) is 11.5 Å². The number of azo groups is 2. The highest BCUT2D eigenvalue weighted by molar-refractivity contribution is 5.54. The van der Waals surface area contributed by atoms with Crippen LogP contribution in [0.2, 0.25) is 0 Å². The van der Waals surface area contributed by atoms with Crippen molar-refractivity contribution in [3.8, 4) is 11.5 Å². The molecule has 4 aromatic carbocycles. The molecule has 0 aliphatic carbocycles. The van der Waals surface area contributed by atoms with Gasteiger partial charge < -0.3 is 9.47 Å². The smallest absolute Gasteiger partial charge is 0.245 e. The molecule has 0 fully saturated rings. The summed E-state index contributed by atoms with van der Waals surface area (Å²) in [5.41, 5.74) is 3.81. The molecular weight excluding hydrogens is 400 g/mol. The van der Waals surface area contributed by atoms with Crippen LogP contribution in [0.4, 0.5) is 22.7 Å². The zero-order valence-corrected chi connectivity index (χ0v) is 17.2. The number of benzene rings is 4. The largest absolute Gasteiger partial charge is 0.452 e. The zero-order chi connectivity index (χ0) is 21.6. The maximum absolute atomic E-state index is 6.32. The molecule has 0 N–H and O–H groups in total. The van der Waals surface area contributed by atoms with Gasteiger partial charge in [0.05, 0.1) is 11.4 Å². The van der Waals surface area contributed by atoms with E-state index < -0.39 is 6.29 Å². The zero-order valence-electron chi connectivity index (χ0n) is 17.2. The Kier molecular flexibility index (Phi) is 5.66. The van der Waals surface area contributed by atoms with Gasteiger partial charge in [-0.3, -0.25) is 0 Å². The minimum absolute atomic E-state index is 0.494. The summed E-state index contributed by atoms with van der Waals surface area (Å²) < 4.78 is 12.6. The Hall–Kier alpha value is -4.32. The molecule has 4 aromatic rings. The van der Waals surface area contributed by atoms with E-state index in [1.165, 1.54) is 0 Å². The lowest BCUT2D eigenvalue weighted by Gasteiger charge is -2.21. The van der Waals surface area contributed by atoms with Crippen molar-refractivity contribution in [2.24, 2.45) is 20.5 Å². The molecular formula is C26H20N4O2. The second kappa shape index (κ2) is 9.22. The highest BCUT2D eigenvalue weighted by Crippen LogP contribution is 2.35. The Morgan fingerprint density at radius 2 is 1.38 bits per heavy atom. The number of hydrogen-bond donors (Lipinski definition) is 0. The predicted molar refractivity (Wildman–Crippen MR) is 123 cm³/mol. The number of para-hydroxylation sites is 2. The summed E-state index contributed by atoms with van der Waals surface area (Å²) in [6.07, 6.45) is -0.109. The molecule has 0 bridgehead atoms. The predicted octanol–water partition coefficient (Wildman–Crippen LogP) is 7.86. The van der Waals surface area contributed by atoms with Gasteiger partial charge in [-0.15, -0.1) is 10.2 Å². The summed E-state index contributed by atoms with van der Waals surface area (Å²) in [6.45, 7) is 0. The second-order valence-electron chi connectivity index (χ2n) is 7.17. The summed E-state index contributed by atoms with van der Waals surface area (Å²) in [6, 6.07) is 32.5. The second-order valence-corrected chi connectivity index (χ2v) is 7.17. The Balaban J connectivity index is 1.47. The average molecular weight is 420 g/mol. The SMILES string of the molecule is c1ccc(N=Nc2ccccc2OC2Cc3ccccc3N=Nc3ccccc3O2)cc1. The van der Waals surface area contributed by atoms with E-state index in [1.54, 1.807) is 0 Å². The van der Waals surface area contributed by atoms with Gasteiger partial charge in [0.25, 0.3) is 0 Å². The van der Waals surface area contributed by atoms with E-state index in [-0.39, 0.29) is 0 Å². The van der Waals surface area contributed by atoms with Crippen LogP contribution in [-0.4, -0.2) is 6.29 Å². The van der Waals surface area contributed by atoms with E-state index >= 15 is 0 Å². The maximum atomic E-state index is 6.32. The fraction of sp³-hybridized carbons (Fsp3) is 0.0769. The third kappa shape index (κ3) is 4.54. The highest BCUT2D eigenvalue weighted by Gasteiger charge is 2.20. The lowest BCUT2D eigenvalue weighted by Crippen LogP contribution is -2.26. The van der Waals surface area contributed by atoms with E-state index in [4.69, 9.17) is 9.47 Å². The molecule has 1 unspecified atom stereocenters. The molecule has 6 heteroatoms. The Bertz CT molecular complexity index is 1220. The summed E-state index contributed by atoms with van der Waals surface area (Å²) >= 11 is 0. The molecule has 32 heavy (non-hydrogen) atoms. The van der Waals surface area contributed by atoms with Gasteiger partial charge in [0.1, 0.15) is 11.4 Å². The number of nitrogens with zero attached hydrogens (tertiary/aromatic N) is 4. The summed E-state index contributed by atoms with van der Waals surface area (Å²) in [5.74, 6) is 1.19. The van der Waals surface area contributed by atoms with E-state index in [0.29, 0.717) is 29.3 Å². The van der Waals surface area contributed by atoms with Gasteiger partial charge in [0.2, 0.25) is 6.29 Å². The van der Waals surface area contributed by atoms with Crippen LogP contribution in [0.5, 0.6) is 11.5 Å². The molecule has 156 valence electrons. The molecule has 0 saturated heterocycles. The van der Waals surface area contributed by atoms with Crippen LogP contribution >= 0.6 is 0 Å². The maximum Gasteiger partial charge on any atom is 0.245 e. The van der Waals surface area contributed by atoms with Gasteiger partial charge in [0, 0.05) is 6.42 Å². The standard InChI is InChI=1S/C26H20N4O2/c1-2-11-20(12-3-1)27-29-22-14-6-8-16-24(22)31-26-18-19-10-4-5-13-21(19)28-30-23-15-7-9-17-25(23)32-26/h1-17,26H,18H2. The van der Waals surface area contributed by atoms with Crippen molar-refractivity contribution in [2.45, 2.75) is 12.7 Å². The van der Waals surface area contributed by atoms with Crippen molar-refractivity contribution in [1.82, 2.24) is 0 Å². The fourth-order valence-corrected chi connectivity index (χ4v) is 3.34. The number of rotatable bonds is 4. The van der Waals surface area contributed by atoms with Gasteiger partial charge >= 0.3 is 0 Å². The van der Waals surface area contributed by atoms with Gasteiger partial charge in [-0.1, -0.05) is 60.7 Å². The van der Waals surface area contributed by atoms with E-state index in [9.17, 15) is 0 Å². The van der Waals surface area contributed by atoms with E-state index in [1.807, 2.05) is 103 Å². The number of hydrogen-bond acceptors (Lipinski definition) is 6. The Morgan fingerprint density at radius 1 is 0.688 bits per heavy atom. The summed E-state index contributed by atoms with van der Waals surface area (Å²) in [7, 11) is 0. The minimum Gasteiger partial charge on any atom is -0.452 e. The summed E-state index contributed by atoms with van der Waals surface area (Å²) in [5, 5.41) is 17.5. The number of fused-ring (bicyclic) bond motifs is 2. The van der Waals surface area contributed by atoms with Crippen LogP contribution in [0.1, 0.15) is 5.56 Å². The van der Waals surface area contributed by atoms with Gasteiger partial charge in [-0.05, 0) is 48.0 Å². The van der Waals surface area contributed by atoms with Crippen LogP contribution < -0.4 is 9.47 Å². The normalized spacial score (nSPS) is 15.1. The highest BCUT2D eigenvalue weighted by atomic mass is 16.7. The van der Waals surface area contributed by atoms with Crippen LogP contribution in [0.3, 0.4) is 0 Å². The Labute approximate surface area is 185 Å². The first-order valence-electron chi connectivity index (χ1n) is 10.3. The molecule has 0 saturated carbocycles. The molecule has 1 aliphatic rings. The molecule has 0 spiro atoms. The van der Waals surface area contributed by atoms with E-state index in [0.717, 1.165) is 16.9 Å². The topological polar surface area (TPSA) is 67.9 Å². The van der Waals surface area contributed by atoms with Crippen molar-refractivity contribution < 1.29 is 9.47 Å². The van der Waals surface area contributed by atoms with Crippen molar-refractivity contribution >= 4 is 22.7 Å². The quantitative estimate of drug-likeness (QED) is 0.315. The Morgan fingerprint density at radius 3 is 2.28 bits per heavy atom. The molecule has 1 aliphatic heterocycles. The van der Waals surface area contributed by atoms with Crippen molar-refractivity contribution in [1.29, 1.82) is 0 Å². The van der Waals surface area contributed by atoms with Crippen molar-refractivity contribution in [2.75, 3.05) is 0 Å². The molecule has 1 atom stereocenters. The van der Waals surface area contributed by atoms with Crippen LogP contribution in [-0.2, 0) is 6.42 Å². The van der Waals surface area contributed by atoms with Crippen molar-refractivity contribution in [3.05, 3.63) is 109 Å². The molecule has 5 rings (SSSR count). The van der Waals surface area contributed by atoms with Crippen LogP contribution in [0.15, 0.2) is 124 Å². The monoisotopic (exact) mass is 420 g/mol. The first-order valence-corrected chi connectivity index (χ1v) is 10.3. The first-order chi connectivity index (χ1) is 15.8. The van der Waals surface area contributed by atoms with Crippen molar-refractivity contribution in [3.63, 3.8) is 0 Å². The summed E-state index contributed by atoms with van der Waals surface area (Å²) in [4.78, 5) is 0. The molecule has 0 aromatic heterocycles. The fourth-order valence-electron chi connectivity index (χ4n) is 3.34. The molecule has 6 nitrogen and oxygen atoms in total. The molecule has 0 radical (unpaired) electrons. The lowest BCUT2D eigenvalue weighted by atomic mass is 10.1. The molecule has 1 heterocycles. The third-order valence-electron chi connectivity index (χ3n) is 4.92. The van der Waals surface area contributed by atoms with Gasteiger partial charge in [-0.2, -0.15) is 10.2 Å². The minimum atomic E-state index is -0.603. The average Bonchev–Trinajstić information content (AvgIpc) is 2.91. The van der Waals surface area contributed by atoms with E-state index in [2.05, 4.69) is 20.5 Å². The molecule has 0 amide bonds.